The third-order valence-electron chi connectivity index (χ3n) is 4.46. The van der Waals surface area contributed by atoms with Crippen LogP contribution in [0.5, 0.6) is 11.5 Å². The van der Waals surface area contributed by atoms with Gasteiger partial charge in [-0.3, -0.25) is 14.2 Å². The van der Waals surface area contributed by atoms with E-state index in [1.165, 1.54) is 0 Å². The number of aromatic nitrogens is 4. The van der Waals surface area contributed by atoms with Gasteiger partial charge >= 0.3 is 0 Å². The van der Waals surface area contributed by atoms with Gasteiger partial charge in [0.25, 0.3) is 0 Å². The van der Waals surface area contributed by atoms with Gasteiger partial charge in [-0.1, -0.05) is 6.07 Å². The first-order chi connectivity index (χ1) is 14.4. The van der Waals surface area contributed by atoms with E-state index in [4.69, 9.17) is 9.47 Å². The first kappa shape index (κ1) is 21.9. The molecule has 1 amide bonds. The number of nitrogens with zero attached hydrogens (tertiary/aromatic N) is 4. The van der Waals surface area contributed by atoms with E-state index in [1.807, 2.05) is 45.9 Å². The molecule has 1 aromatic carbocycles. The van der Waals surface area contributed by atoms with E-state index in [0.29, 0.717) is 31.2 Å². The fourth-order valence-corrected chi connectivity index (χ4v) is 3.35. The zero-order valence-electron chi connectivity index (χ0n) is 17.6. The highest BCUT2D eigenvalue weighted by Gasteiger charge is 2.13. The number of nitrogens with one attached hydrogen (secondary N) is 1. The second-order valence-corrected chi connectivity index (χ2v) is 7.56. The number of aryl methyl sites for hydroxylation is 1. The standard InChI is InChI=1S/C21H26BrN5O3/c1-5-29-18-8-7-16(9-19(18)30-6-2)11-26-12-17(10-23-26)24-20(28)13-27-15(4)21(22)14(3)25-27/h7-10,12H,5-6,11,13H2,1-4H3,(H,24,28). The molecule has 3 aromatic rings. The Labute approximate surface area is 184 Å². The summed E-state index contributed by atoms with van der Waals surface area (Å²) in [6.07, 6.45) is 3.43. The smallest absolute Gasteiger partial charge is 0.246 e. The zero-order valence-corrected chi connectivity index (χ0v) is 19.2. The highest BCUT2D eigenvalue weighted by Crippen LogP contribution is 2.29. The van der Waals surface area contributed by atoms with Crippen LogP contribution in [0.25, 0.3) is 0 Å². The molecule has 2 aromatic heterocycles. The van der Waals surface area contributed by atoms with Gasteiger partial charge in [0.1, 0.15) is 6.54 Å². The number of carbonyl (C=O) groups excluding carboxylic acids is 1. The fourth-order valence-electron chi connectivity index (χ4n) is 3.06. The molecule has 0 fully saturated rings. The topological polar surface area (TPSA) is 83.2 Å². The Bertz CT molecular complexity index is 1030. The van der Waals surface area contributed by atoms with E-state index in [1.54, 1.807) is 21.8 Å². The number of hydrogen-bond acceptors (Lipinski definition) is 5. The molecular formula is C21H26BrN5O3. The zero-order chi connectivity index (χ0) is 21.7. The molecule has 30 heavy (non-hydrogen) atoms. The molecule has 0 aliphatic heterocycles. The number of hydrogen-bond donors (Lipinski definition) is 1. The summed E-state index contributed by atoms with van der Waals surface area (Å²) in [4.78, 5) is 12.4. The summed E-state index contributed by atoms with van der Waals surface area (Å²) in [5.74, 6) is 1.29. The minimum absolute atomic E-state index is 0.139. The minimum Gasteiger partial charge on any atom is -0.490 e. The van der Waals surface area contributed by atoms with Crippen LogP contribution in [0, 0.1) is 13.8 Å². The highest BCUT2D eigenvalue weighted by atomic mass is 79.9. The van der Waals surface area contributed by atoms with Gasteiger partial charge in [0.2, 0.25) is 5.91 Å². The number of carbonyl (C=O) groups is 1. The molecule has 0 unspecified atom stereocenters. The Morgan fingerprint density at radius 3 is 2.57 bits per heavy atom. The maximum absolute atomic E-state index is 12.4. The molecule has 2 heterocycles. The van der Waals surface area contributed by atoms with Crippen molar-refractivity contribution >= 4 is 27.5 Å². The summed E-state index contributed by atoms with van der Waals surface area (Å²) in [6, 6.07) is 5.84. The Kier molecular flexibility index (Phi) is 7.15. The van der Waals surface area contributed by atoms with E-state index < -0.39 is 0 Å². The van der Waals surface area contributed by atoms with Crippen LogP contribution in [-0.2, 0) is 17.9 Å². The van der Waals surface area contributed by atoms with Crippen LogP contribution in [0.3, 0.4) is 0 Å². The Balaban J connectivity index is 1.64. The van der Waals surface area contributed by atoms with Crippen LogP contribution in [0.2, 0.25) is 0 Å². The molecule has 0 atom stereocenters. The molecule has 0 aliphatic carbocycles. The monoisotopic (exact) mass is 475 g/mol. The van der Waals surface area contributed by atoms with Gasteiger partial charge in [-0.2, -0.15) is 10.2 Å². The molecule has 0 saturated carbocycles. The number of halogens is 1. The average Bonchev–Trinajstić information content (AvgIpc) is 3.23. The lowest BCUT2D eigenvalue weighted by Crippen LogP contribution is -2.20. The molecule has 1 N–H and O–H groups in total. The van der Waals surface area contributed by atoms with Crippen molar-refractivity contribution < 1.29 is 14.3 Å². The second-order valence-electron chi connectivity index (χ2n) is 6.76. The van der Waals surface area contributed by atoms with Gasteiger partial charge in [0.15, 0.2) is 11.5 Å². The van der Waals surface area contributed by atoms with Crippen molar-refractivity contribution in [2.45, 2.75) is 40.8 Å². The SMILES string of the molecule is CCOc1ccc(Cn2cc(NC(=O)Cn3nc(C)c(Br)c3C)cn2)cc1OCC. The summed E-state index contributed by atoms with van der Waals surface area (Å²) < 4.78 is 15.6. The van der Waals surface area contributed by atoms with Crippen molar-refractivity contribution in [1.29, 1.82) is 0 Å². The quantitative estimate of drug-likeness (QED) is 0.506. The maximum atomic E-state index is 12.4. The Morgan fingerprint density at radius 2 is 1.90 bits per heavy atom. The molecule has 160 valence electrons. The van der Waals surface area contributed by atoms with Crippen LogP contribution >= 0.6 is 15.9 Å². The van der Waals surface area contributed by atoms with Gasteiger partial charge in [0.05, 0.1) is 47.5 Å². The number of amides is 1. The second kappa shape index (κ2) is 9.80. The van der Waals surface area contributed by atoms with E-state index in [9.17, 15) is 4.79 Å². The highest BCUT2D eigenvalue weighted by molar-refractivity contribution is 9.10. The molecule has 8 nitrogen and oxygen atoms in total. The summed E-state index contributed by atoms with van der Waals surface area (Å²) in [5, 5.41) is 11.6. The van der Waals surface area contributed by atoms with E-state index in [0.717, 1.165) is 27.2 Å². The number of benzene rings is 1. The predicted octanol–water partition coefficient (Wildman–Crippen LogP) is 3.94. The van der Waals surface area contributed by atoms with Crippen LogP contribution in [0.15, 0.2) is 35.1 Å². The van der Waals surface area contributed by atoms with Crippen LogP contribution < -0.4 is 14.8 Å². The minimum atomic E-state index is -0.160. The van der Waals surface area contributed by atoms with Crippen molar-refractivity contribution in [3.63, 3.8) is 0 Å². The fraction of sp³-hybridized carbons (Fsp3) is 0.381. The number of anilines is 1. The summed E-state index contributed by atoms with van der Waals surface area (Å²) in [7, 11) is 0. The van der Waals surface area contributed by atoms with Gasteiger partial charge in [-0.25, -0.2) is 0 Å². The Hall–Kier alpha value is -2.81. The van der Waals surface area contributed by atoms with Gasteiger partial charge < -0.3 is 14.8 Å². The number of rotatable bonds is 9. The molecular weight excluding hydrogens is 450 g/mol. The van der Waals surface area contributed by atoms with E-state index >= 15 is 0 Å². The van der Waals surface area contributed by atoms with Crippen LogP contribution in [0.4, 0.5) is 5.69 Å². The largest absolute Gasteiger partial charge is 0.490 e. The van der Waals surface area contributed by atoms with Crippen molar-refractivity contribution in [3.05, 3.63) is 52.0 Å². The first-order valence-corrected chi connectivity index (χ1v) is 10.6. The van der Waals surface area contributed by atoms with Crippen LogP contribution in [0.1, 0.15) is 30.8 Å². The summed E-state index contributed by atoms with van der Waals surface area (Å²) in [6.45, 7) is 9.53. The predicted molar refractivity (Wildman–Crippen MR) is 118 cm³/mol. The molecule has 0 saturated heterocycles. The van der Waals surface area contributed by atoms with Crippen molar-refractivity contribution in [2.75, 3.05) is 18.5 Å². The lowest BCUT2D eigenvalue weighted by Gasteiger charge is -2.12. The molecule has 9 heteroatoms. The molecule has 0 spiro atoms. The van der Waals surface area contributed by atoms with E-state index in [-0.39, 0.29) is 12.5 Å². The molecule has 0 aliphatic rings. The average molecular weight is 476 g/mol. The lowest BCUT2D eigenvalue weighted by atomic mass is 10.2. The lowest BCUT2D eigenvalue weighted by molar-refractivity contribution is -0.116. The molecule has 0 bridgehead atoms. The summed E-state index contributed by atoms with van der Waals surface area (Å²) >= 11 is 3.47. The van der Waals surface area contributed by atoms with Crippen molar-refractivity contribution in [2.24, 2.45) is 0 Å². The normalized spacial score (nSPS) is 10.8. The first-order valence-electron chi connectivity index (χ1n) is 9.81. The van der Waals surface area contributed by atoms with Gasteiger partial charge in [-0.05, 0) is 61.3 Å². The van der Waals surface area contributed by atoms with E-state index in [2.05, 4.69) is 31.4 Å². The van der Waals surface area contributed by atoms with Crippen molar-refractivity contribution in [1.82, 2.24) is 19.6 Å². The van der Waals surface area contributed by atoms with Gasteiger partial charge in [-0.15, -0.1) is 0 Å². The third-order valence-corrected chi connectivity index (χ3v) is 5.60. The maximum Gasteiger partial charge on any atom is 0.246 e. The number of ether oxygens (including phenoxy) is 2. The third kappa shape index (κ3) is 5.21. The van der Waals surface area contributed by atoms with Crippen molar-refractivity contribution in [3.8, 4) is 11.5 Å². The van der Waals surface area contributed by atoms with Gasteiger partial charge in [0, 0.05) is 6.20 Å². The Morgan fingerprint density at radius 1 is 1.17 bits per heavy atom. The molecule has 3 rings (SSSR count). The van der Waals surface area contributed by atoms with Crippen LogP contribution in [-0.4, -0.2) is 38.7 Å². The summed E-state index contributed by atoms with van der Waals surface area (Å²) in [5.41, 5.74) is 3.43. The molecule has 0 radical (unpaired) electrons.